The van der Waals surface area contributed by atoms with Crippen LogP contribution >= 0.6 is 11.3 Å². The lowest BCUT2D eigenvalue weighted by atomic mass is 9.82. The average molecular weight is 838 g/mol. The van der Waals surface area contributed by atoms with Gasteiger partial charge in [0, 0.05) is 99.3 Å². The first-order valence-corrected chi connectivity index (χ1v) is 23.0. The largest absolute Gasteiger partial charge is 0.456 e. The molecule has 0 aliphatic heterocycles. The van der Waals surface area contributed by atoms with Crippen LogP contribution in [0.2, 0.25) is 0 Å². The Morgan fingerprint density at radius 3 is 2.00 bits per heavy atom. The minimum atomic E-state index is -0.117. The van der Waals surface area contributed by atoms with Crippen molar-refractivity contribution in [3.8, 4) is 27.9 Å². The molecule has 64 heavy (non-hydrogen) atoms. The fourth-order valence-corrected chi connectivity index (χ4v) is 13.0. The van der Waals surface area contributed by atoms with E-state index in [-0.39, 0.29) is 5.41 Å². The highest BCUT2D eigenvalue weighted by molar-refractivity contribution is 7.25. The third-order valence-electron chi connectivity index (χ3n) is 15.1. The van der Waals surface area contributed by atoms with E-state index in [1.54, 1.807) is 0 Å². The van der Waals surface area contributed by atoms with Crippen LogP contribution in [0.25, 0.3) is 135 Å². The second-order valence-corrected chi connectivity index (χ2v) is 19.7. The molecule has 0 atom stereocenters. The van der Waals surface area contributed by atoms with Gasteiger partial charge in [0.25, 0.3) is 0 Å². The second kappa shape index (κ2) is 11.9. The lowest BCUT2D eigenvalue weighted by Crippen LogP contribution is -2.15. The van der Waals surface area contributed by atoms with Crippen LogP contribution in [0, 0.1) is 0 Å². The van der Waals surface area contributed by atoms with Crippen molar-refractivity contribution in [1.29, 1.82) is 0 Å². The molecule has 0 amide bonds. The SMILES string of the molecule is Cn1c2ccccc2c2cc3c(cc21)C(C)(C)c1ccc(-c2ccc4c(c2)c2cc5oc6ccccc6c5cc2n4-c2cccc4c2c2cc5sc6ccccc6c5cc2n4C)cc1-3. The Morgan fingerprint density at radius 2 is 1.09 bits per heavy atom. The number of thiophene rings is 1. The summed E-state index contributed by atoms with van der Waals surface area (Å²) in [5.41, 5.74) is 18.1. The van der Waals surface area contributed by atoms with E-state index in [1.807, 2.05) is 11.3 Å². The molecule has 0 saturated heterocycles. The van der Waals surface area contributed by atoms with Gasteiger partial charge in [-0.25, -0.2) is 0 Å². The van der Waals surface area contributed by atoms with Crippen LogP contribution < -0.4 is 0 Å². The molecule has 1 aliphatic carbocycles. The summed E-state index contributed by atoms with van der Waals surface area (Å²) in [4.78, 5) is 0. The number of hydrogen-bond acceptors (Lipinski definition) is 2. The Bertz CT molecular complexity index is 4430. The highest BCUT2D eigenvalue weighted by Crippen LogP contribution is 2.52. The Kier molecular flexibility index (Phi) is 6.49. The van der Waals surface area contributed by atoms with Crippen LogP contribution in [0.3, 0.4) is 0 Å². The average Bonchev–Trinajstić information content (AvgIpc) is 4.14. The predicted molar refractivity (Wildman–Crippen MR) is 272 cm³/mol. The van der Waals surface area contributed by atoms with Crippen molar-refractivity contribution in [3.63, 3.8) is 0 Å². The predicted octanol–water partition coefficient (Wildman–Crippen LogP) is 16.3. The standard InChI is InChI=1S/C59H39N3OS/c1-59(2)45-22-20-32(24-37(45)38-26-40-34-12-5-8-15-47(34)60(3)52(40)31-46(38)59)33-21-23-48-39(25-33)41-29-55-42(35-13-6-9-18-54(35)63-55)27-53(41)62(48)50-17-11-16-49-58(50)44-30-57-43(28-51(44)61(49)4)36-14-7-10-19-56(36)64-57/h5-31H,1-4H3. The van der Waals surface area contributed by atoms with Crippen LogP contribution in [0.5, 0.6) is 0 Å². The molecule has 9 aromatic carbocycles. The summed E-state index contributed by atoms with van der Waals surface area (Å²) in [5.74, 6) is 0. The van der Waals surface area contributed by atoms with E-state index in [1.165, 1.54) is 125 Å². The third kappa shape index (κ3) is 4.32. The topological polar surface area (TPSA) is 27.9 Å². The van der Waals surface area contributed by atoms with E-state index in [0.717, 1.165) is 21.9 Å². The number of nitrogens with zero attached hydrogens (tertiary/aromatic N) is 3. The van der Waals surface area contributed by atoms with Crippen LogP contribution in [0.4, 0.5) is 0 Å². The van der Waals surface area contributed by atoms with Gasteiger partial charge in [-0.05, 0) is 118 Å². The molecule has 0 unspecified atom stereocenters. The van der Waals surface area contributed by atoms with Gasteiger partial charge in [0.15, 0.2) is 0 Å². The first-order chi connectivity index (χ1) is 31.3. The molecule has 0 radical (unpaired) electrons. The molecule has 5 aromatic heterocycles. The second-order valence-electron chi connectivity index (χ2n) is 18.6. The highest BCUT2D eigenvalue weighted by atomic mass is 32.1. The Morgan fingerprint density at radius 1 is 0.406 bits per heavy atom. The van der Waals surface area contributed by atoms with Crippen molar-refractivity contribution in [2.45, 2.75) is 19.3 Å². The van der Waals surface area contributed by atoms with E-state index in [2.05, 4.69) is 205 Å². The first-order valence-electron chi connectivity index (χ1n) is 22.2. The number of furan rings is 1. The normalized spacial score (nSPS) is 13.8. The zero-order valence-corrected chi connectivity index (χ0v) is 36.6. The fraction of sp³-hybridized carbons (Fsp3) is 0.0847. The van der Waals surface area contributed by atoms with Crippen LogP contribution in [-0.2, 0) is 19.5 Å². The summed E-state index contributed by atoms with van der Waals surface area (Å²) in [6.07, 6.45) is 0. The van der Waals surface area contributed by atoms with Crippen molar-refractivity contribution in [1.82, 2.24) is 13.7 Å². The van der Waals surface area contributed by atoms with Crippen molar-refractivity contribution < 1.29 is 4.42 Å². The number of para-hydroxylation sites is 2. The van der Waals surface area contributed by atoms with Crippen LogP contribution in [0.1, 0.15) is 25.0 Å². The van der Waals surface area contributed by atoms with Crippen LogP contribution in [-0.4, -0.2) is 13.7 Å². The third-order valence-corrected chi connectivity index (χ3v) is 16.2. The Balaban J connectivity index is 0.986. The van der Waals surface area contributed by atoms with E-state index in [4.69, 9.17) is 4.42 Å². The van der Waals surface area contributed by atoms with E-state index in [0.29, 0.717) is 0 Å². The molecule has 14 aromatic rings. The maximum atomic E-state index is 6.59. The van der Waals surface area contributed by atoms with E-state index in [9.17, 15) is 0 Å². The molecule has 302 valence electrons. The van der Waals surface area contributed by atoms with Gasteiger partial charge in [-0.1, -0.05) is 92.7 Å². The maximum Gasteiger partial charge on any atom is 0.136 e. The molecule has 1 aliphatic rings. The number of aromatic nitrogens is 3. The molecule has 0 bridgehead atoms. The van der Waals surface area contributed by atoms with Crippen LogP contribution in [0.15, 0.2) is 168 Å². The summed E-state index contributed by atoms with van der Waals surface area (Å²) in [6.45, 7) is 4.76. The molecular weight excluding hydrogens is 799 g/mol. The van der Waals surface area contributed by atoms with Gasteiger partial charge >= 0.3 is 0 Å². The molecule has 5 heterocycles. The van der Waals surface area contributed by atoms with Gasteiger partial charge in [0.05, 0.1) is 22.2 Å². The monoisotopic (exact) mass is 837 g/mol. The zero-order valence-electron chi connectivity index (χ0n) is 35.7. The number of hydrogen-bond donors (Lipinski definition) is 0. The smallest absolute Gasteiger partial charge is 0.136 e. The Hall–Kier alpha value is -7.60. The first kappa shape index (κ1) is 34.9. The number of rotatable bonds is 2. The lowest BCUT2D eigenvalue weighted by Gasteiger charge is -2.21. The van der Waals surface area contributed by atoms with Gasteiger partial charge in [-0.2, -0.15) is 0 Å². The van der Waals surface area contributed by atoms with E-state index >= 15 is 0 Å². The van der Waals surface area contributed by atoms with Crippen molar-refractivity contribution in [2.24, 2.45) is 14.1 Å². The van der Waals surface area contributed by atoms with Gasteiger partial charge < -0.3 is 18.1 Å². The highest BCUT2D eigenvalue weighted by Gasteiger charge is 2.36. The van der Waals surface area contributed by atoms with Gasteiger partial charge in [-0.15, -0.1) is 11.3 Å². The fourth-order valence-electron chi connectivity index (χ4n) is 11.9. The molecule has 5 heteroatoms. The lowest BCUT2D eigenvalue weighted by molar-refractivity contribution is 0.661. The minimum absolute atomic E-state index is 0.117. The maximum absolute atomic E-state index is 6.59. The van der Waals surface area contributed by atoms with Gasteiger partial charge in [-0.3, -0.25) is 0 Å². The number of benzene rings is 9. The summed E-state index contributed by atoms with van der Waals surface area (Å²) < 4.78 is 16.5. The van der Waals surface area contributed by atoms with Crippen molar-refractivity contribution in [3.05, 3.63) is 175 Å². The van der Waals surface area contributed by atoms with Gasteiger partial charge in [0.1, 0.15) is 11.2 Å². The molecule has 0 saturated carbocycles. The number of aryl methyl sites for hydroxylation is 2. The molecule has 15 rings (SSSR count). The van der Waals surface area contributed by atoms with Crippen molar-refractivity contribution in [2.75, 3.05) is 0 Å². The quantitative estimate of drug-likeness (QED) is 0.170. The molecule has 0 N–H and O–H groups in total. The minimum Gasteiger partial charge on any atom is -0.456 e. The molecule has 0 fully saturated rings. The summed E-state index contributed by atoms with van der Waals surface area (Å²) in [5, 5.41) is 12.4. The van der Waals surface area contributed by atoms with Gasteiger partial charge in [0.2, 0.25) is 0 Å². The summed E-state index contributed by atoms with van der Waals surface area (Å²) in [7, 11) is 4.41. The summed E-state index contributed by atoms with van der Waals surface area (Å²) in [6, 6.07) is 61.5. The van der Waals surface area contributed by atoms with Crippen molar-refractivity contribution >= 4 is 119 Å². The molecule has 4 nitrogen and oxygen atoms in total. The number of fused-ring (bicyclic) bond motifs is 18. The zero-order chi connectivity index (χ0) is 42.3. The molecular formula is C59H39N3OS. The summed E-state index contributed by atoms with van der Waals surface area (Å²) >= 11 is 1.88. The Labute approximate surface area is 371 Å². The molecule has 0 spiro atoms. The van der Waals surface area contributed by atoms with E-state index < -0.39 is 0 Å².